The first-order chi connectivity index (χ1) is 17.2. The summed E-state index contributed by atoms with van der Waals surface area (Å²) in [6, 6.07) is 17.0. The van der Waals surface area contributed by atoms with Crippen molar-refractivity contribution in [3.8, 4) is 22.6 Å². The standard InChI is InChI=1S/C28H20F4N2O2.Zn/c1-15(21-11-17(29)13-23(31)27(21)35)33-25-9-5-3-7-19(25)20-8-4-6-10-26(20)34-16(2)22-12-18(30)14-24(32)28(22)36;/h3-14,35-36H,1-2H3;. The van der Waals surface area contributed by atoms with Crippen LogP contribution in [0.5, 0.6) is 11.5 Å². The molecule has 0 fully saturated rings. The van der Waals surface area contributed by atoms with E-state index in [9.17, 15) is 27.8 Å². The van der Waals surface area contributed by atoms with Gasteiger partial charge in [0.1, 0.15) is 11.6 Å². The molecule has 0 aliphatic rings. The Bertz CT molecular complexity index is 1420. The van der Waals surface area contributed by atoms with Crippen LogP contribution in [-0.2, 0) is 19.5 Å². The van der Waals surface area contributed by atoms with Gasteiger partial charge in [-0.25, -0.2) is 17.6 Å². The molecule has 0 radical (unpaired) electrons. The average Bonchev–Trinajstić information content (AvgIpc) is 2.84. The van der Waals surface area contributed by atoms with Gasteiger partial charge in [0.2, 0.25) is 0 Å². The molecular formula is C28H20F4N2O2Zn. The minimum atomic E-state index is -1.10. The van der Waals surface area contributed by atoms with Crippen molar-refractivity contribution in [2.24, 2.45) is 9.98 Å². The van der Waals surface area contributed by atoms with E-state index in [4.69, 9.17) is 0 Å². The molecule has 0 unspecified atom stereocenters. The molecule has 9 heteroatoms. The Morgan fingerprint density at radius 1 is 0.595 bits per heavy atom. The minimum absolute atomic E-state index is 0. The average molecular weight is 558 g/mol. The maximum Gasteiger partial charge on any atom is 0.168 e. The van der Waals surface area contributed by atoms with Crippen LogP contribution in [0.2, 0.25) is 0 Å². The van der Waals surface area contributed by atoms with E-state index in [-0.39, 0.29) is 42.0 Å². The van der Waals surface area contributed by atoms with E-state index in [1.54, 1.807) is 48.5 Å². The zero-order chi connectivity index (χ0) is 26.0. The molecular weight excluding hydrogens is 538 g/mol. The summed E-state index contributed by atoms with van der Waals surface area (Å²) in [6.07, 6.45) is 0. The van der Waals surface area contributed by atoms with Crippen molar-refractivity contribution in [2.75, 3.05) is 0 Å². The number of phenolic OH excluding ortho intramolecular Hbond substituents is 2. The van der Waals surface area contributed by atoms with Gasteiger partial charge in [-0.15, -0.1) is 0 Å². The summed E-state index contributed by atoms with van der Waals surface area (Å²) >= 11 is 0. The predicted molar refractivity (Wildman–Crippen MR) is 132 cm³/mol. The molecule has 4 aromatic rings. The van der Waals surface area contributed by atoms with Crippen molar-refractivity contribution in [2.45, 2.75) is 13.8 Å². The van der Waals surface area contributed by atoms with Crippen molar-refractivity contribution >= 4 is 22.8 Å². The number of hydrogen-bond acceptors (Lipinski definition) is 4. The third-order valence-corrected chi connectivity index (χ3v) is 5.51. The summed E-state index contributed by atoms with van der Waals surface area (Å²) in [4.78, 5) is 9.00. The molecule has 0 aliphatic heterocycles. The number of nitrogens with zero attached hydrogens (tertiary/aromatic N) is 2. The van der Waals surface area contributed by atoms with Gasteiger partial charge >= 0.3 is 0 Å². The zero-order valence-electron chi connectivity index (χ0n) is 19.9. The van der Waals surface area contributed by atoms with Gasteiger partial charge in [0.25, 0.3) is 0 Å². The Hall–Kier alpha value is -3.84. The van der Waals surface area contributed by atoms with E-state index in [0.29, 0.717) is 34.6 Å². The SMILES string of the molecule is CC(=Nc1ccccc1-c1ccccc1N=C(C)c1cc(F)cc(F)c1O)c1cc(F)cc(F)c1O.[Zn]. The zero-order valence-corrected chi connectivity index (χ0v) is 22.9. The van der Waals surface area contributed by atoms with Crippen molar-refractivity contribution in [3.05, 3.63) is 107 Å². The van der Waals surface area contributed by atoms with E-state index in [1.807, 2.05) is 0 Å². The van der Waals surface area contributed by atoms with Gasteiger partial charge < -0.3 is 10.2 Å². The Morgan fingerprint density at radius 3 is 1.32 bits per heavy atom. The maximum atomic E-state index is 13.9. The number of aromatic hydroxyl groups is 2. The Morgan fingerprint density at radius 2 is 0.946 bits per heavy atom. The summed E-state index contributed by atoms with van der Waals surface area (Å²) in [5.74, 6) is -5.32. The molecule has 184 valence electrons. The molecule has 0 saturated heterocycles. The van der Waals surface area contributed by atoms with Crippen LogP contribution in [0.1, 0.15) is 25.0 Å². The van der Waals surface area contributed by atoms with Gasteiger partial charge in [0, 0.05) is 65.3 Å². The molecule has 0 spiro atoms. The second kappa shape index (κ2) is 11.5. The molecule has 0 bridgehead atoms. The van der Waals surface area contributed by atoms with Crippen LogP contribution in [0.25, 0.3) is 11.1 Å². The van der Waals surface area contributed by atoms with E-state index in [2.05, 4.69) is 9.98 Å². The van der Waals surface area contributed by atoms with Crippen LogP contribution in [0.15, 0.2) is 82.8 Å². The Kier molecular flexibility index (Phi) is 8.61. The Balaban J connectivity index is 0.00000380. The number of phenols is 2. The number of benzene rings is 4. The first kappa shape index (κ1) is 27.7. The van der Waals surface area contributed by atoms with Gasteiger partial charge in [0.05, 0.1) is 11.4 Å². The molecule has 37 heavy (non-hydrogen) atoms. The number of para-hydroxylation sites is 2. The fraction of sp³-hybridized carbons (Fsp3) is 0.0714. The molecule has 0 aliphatic carbocycles. The molecule has 4 rings (SSSR count). The van der Waals surface area contributed by atoms with Crippen LogP contribution in [0.3, 0.4) is 0 Å². The molecule has 0 saturated carbocycles. The largest absolute Gasteiger partial charge is 0.504 e. The second-order valence-corrected chi connectivity index (χ2v) is 8.00. The summed E-state index contributed by atoms with van der Waals surface area (Å²) in [7, 11) is 0. The van der Waals surface area contributed by atoms with E-state index >= 15 is 0 Å². The smallest absolute Gasteiger partial charge is 0.168 e. The van der Waals surface area contributed by atoms with Crippen LogP contribution < -0.4 is 0 Å². The van der Waals surface area contributed by atoms with Crippen LogP contribution in [-0.4, -0.2) is 21.6 Å². The number of hydrogen-bond donors (Lipinski definition) is 2. The van der Waals surface area contributed by atoms with Gasteiger partial charge in [-0.05, 0) is 38.1 Å². The number of halogens is 4. The normalized spacial score (nSPS) is 11.8. The van der Waals surface area contributed by atoms with Gasteiger partial charge in [-0.1, -0.05) is 36.4 Å². The fourth-order valence-corrected chi connectivity index (χ4v) is 3.76. The summed E-state index contributed by atoms with van der Waals surface area (Å²) in [6.45, 7) is 3.03. The first-order valence-electron chi connectivity index (χ1n) is 10.8. The third-order valence-electron chi connectivity index (χ3n) is 5.51. The van der Waals surface area contributed by atoms with Crippen LogP contribution in [0, 0.1) is 23.3 Å². The van der Waals surface area contributed by atoms with Crippen molar-refractivity contribution < 1.29 is 47.3 Å². The number of rotatable bonds is 5. The molecule has 0 aromatic heterocycles. The molecule has 4 nitrogen and oxygen atoms in total. The van der Waals surface area contributed by atoms with Gasteiger partial charge in [-0.3, -0.25) is 9.98 Å². The summed E-state index contributed by atoms with van der Waals surface area (Å²) < 4.78 is 55.2. The third kappa shape index (κ3) is 5.94. The van der Waals surface area contributed by atoms with Gasteiger partial charge in [0.15, 0.2) is 23.1 Å². The summed E-state index contributed by atoms with van der Waals surface area (Å²) in [5, 5.41) is 20.1. The summed E-state index contributed by atoms with van der Waals surface area (Å²) in [5.41, 5.74) is 2.25. The molecule has 0 atom stereocenters. The second-order valence-electron chi connectivity index (χ2n) is 8.00. The fourth-order valence-electron chi connectivity index (χ4n) is 3.76. The molecule has 4 aromatic carbocycles. The van der Waals surface area contributed by atoms with Crippen molar-refractivity contribution in [1.29, 1.82) is 0 Å². The minimum Gasteiger partial charge on any atom is -0.504 e. The van der Waals surface area contributed by atoms with Crippen molar-refractivity contribution in [1.82, 2.24) is 0 Å². The topological polar surface area (TPSA) is 65.2 Å². The van der Waals surface area contributed by atoms with Crippen LogP contribution in [0.4, 0.5) is 28.9 Å². The van der Waals surface area contributed by atoms with E-state index < -0.39 is 34.8 Å². The van der Waals surface area contributed by atoms with Gasteiger partial charge in [-0.2, -0.15) is 0 Å². The predicted octanol–water partition coefficient (Wildman–Crippen LogP) is 7.60. The Labute approximate surface area is 223 Å². The molecule has 2 N–H and O–H groups in total. The molecule has 0 heterocycles. The van der Waals surface area contributed by atoms with Crippen molar-refractivity contribution in [3.63, 3.8) is 0 Å². The first-order valence-corrected chi connectivity index (χ1v) is 10.8. The van der Waals surface area contributed by atoms with E-state index in [1.165, 1.54) is 13.8 Å². The van der Waals surface area contributed by atoms with E-state index in [0.717, 1.165) is 12.1 Å². The van der Waals surface area contributed by atoms with Crippen LogP contribution >= 0.6 is 0 Å². The maximum absolute atomic E-state index is 13.9. The number of aliphatic imine (C=N–C) groups is 2. The monoisotopic (exact) mass is 556 g/mol. The quantitative estimate of drug-likeness (QED) is 0.151. The molecule has 0 amide bonds.